The minimum absolute atomic E-state index is 0.397. The zero-order chi connectivity index (χ0) is 18.2. The molecule has 5 N–H and O–H groups in total. The molecule has 6 heteroatoms. The highest BCUT2D eigenvalue weighted by molar-refractivity contribution is 5.97. The van der Waals surface area contributed by atoms with E-state index in [-0.39, 0.29) is 0 Å². The number of carbonyl (C=O) groups is 2. The number of hydroxylamine groups is 1. The van der Waals surface area contributed by atoms with Gasteiger partial charge in [0, 0.05) is 11.6 Å². The van der Waals surface area contributed by atoms with Gasteiger partial charge in [-0.05, 0) is 30.2 Å². The highest BCUT2D eigenvalue weighted by atomic mass is 16.5. The number of hydrogen-bond acceptors (Lipinski definition) is 4. The van der Waals surface area contributed by atoms with Gasteiger partial charge in [0.25, 0.3) is 11.8 Å². The molecular formula is C19H21N3O3. The van der Waals surface area contributed by atoms with E-state index in [1.165, 1.54) is 5.48 Å². The van der Waals surface area contributed by atoms with Crippen molar-refractivity contribution in [1.29, 1.82) is 0 Å². The molecule has 2 rings (SSSR count). The fourth-order valence-corrected chi connectivity index (χ4v) is 2.23. The van der Waals surface area contributed by atoms with Crippen molar-refractivity contribution in [3.05, 3.63) is 71.3 Å². The second-order valence-corrected chi connectivity index (χ2v) is 5.65. The monoisotopic (exact) mass is 339 g/mol. The fourth-order valence-electron chi connectivity index (χ4n) is 2.23. The van der Waals surface area contributed by atoms with Gasteiger partial charge in [0.15, 0.2) is 0 Å². The topological polar surface area (TPSA) is 104 Å². The van der Waals surface area contributed by atoms with Crippen molar-refractivity contribution in [3.63, 3.8) is 0 Å². The molecule has 0 saturated heterocycles. The first-order valence-electron chi connectivity index (χ1n) is 7.85. The molecule has 0 aromatic heterocycles. The predicted molar refractivity (Wildman–Crippen MR) is 96.6 cm³/mol. The van der Waals surface area contributed by atoms with Crippen LogP contribution in [0.25, 0.3) is 12.2 Å². The SMILES string of the molecule is CC(N)C(NC(=O)c1ccc(C=Cc2ccccc2)cc1)C(=O)NO. The molecule has 2 unspecified atom stereocenters. The Morgan fingerprint density at radius 2 is 1.56 bits per heavy atom. The number of rotatable bonds is 6. The molecule has 2 atom stereocenters. The van der Waals surface area contributed by atoms with Crippen molar-refractivity contribution in [1.82, 2.24) is 10.8 Å². The van der Waals surface area contributed by atoms with E-state index in [2.05, 4.69) is 5.32 Å². The number of amides is 2. The van der Waals surface area contributed by atoms with E-state index in [4.69, 9.17) is 10.9 Å². The molecule has 0 aliphatic rings. The minimum Gasteiger partial charge on any atom is -0.339 e. The van der Waals surface area contributed by atoms with Crippen molar-refractivity contribution < 1.29 is 14.8 Å². The average molecular weight is 339 g/mol. The summed E-state index contributed by atoms with van der Waals surface area (Å²) >= 11 is 0. The molecular weight excluding hydrogens is 318 g/mol. The third-order valence-electron chi connectivity index (χ3n) is 3.65. The molecule has 0 spiro atoms. The van der Waals surface area contributed by atoms with Gasteiger partial charge in [-0.3, -0.25) is 14.8 Å². The van der Waals surface area contributed by atoms with Crippen molar-refractivity contribution in [2.24, 2.45) is 5.73 Å². The fraction of sp³-hybridized carbons (Fsp3) is 0.158. The van der Waals surface area contributed by atoms with Crippen LogP contribution in [-0.4, -0.2) is 29.1 Å². The Balaban J connectivity index is 2.04. The standard InChI is InChI=1S/C19H21N3O3/c1-13(20)17(19(24)22-25)21-18(23)16-11-9-15(10-12-16)8-7-14-5-3-2-4-6-14/h2-13,17,25H,20H2,1H3,(H,21,23)(H,22,24). The molecule has 0 fully saturated rings. The molecule has 0 bridgehead atoms. The number of nitrogens with two attached hydrogens (primary N) is 1. The normalized spacial score (nSPS) is 13.2. The summed E-state index contributed by atoms with van der Waals surface area (Å²) in [5.74, 6) is -1.20. The first kappa shape index (κ1) is 18.4. The summed E-state index contributed by atoms with van der Waals surface area (Å²) in [4.78, 5) is 23.8. The van der Waals surface area contributed by atoms with Crippen LogP contribution in [0.2, 0.25) is 0 Å². The van der Waals surface area contributed by atoms with Crippen LogP contribution in [-0.2, 0) is 4.79 Å². The molecule has 0 aliphatic heterocycles. The Morgan fingerprint density at radius 3 is 2.08 bits per heavy atom. The van der Waals surface area contributed by atoms with E-state index in [0.29, 0.717) is 5.56 Å². The number of benzene rings is 2. The maximum atomic E-state index is 12.2. The van der Waals surface area contributed by atoms with Gasteiger partial charge in [-0.15, -0.1) is 0 Å². The Hall–Kier alpha value is -2.96. The Morgan fingerprint density at radius 1 is 1.00 bits per heavy atom. The van der Waals surface area contributed by atoms with Crippen LogP contribution in [0.4, 0.5) is 0 Å². The van der Waals surface area contributed by atoms with Gasteiger partial charge < -0.3 is 11.1 Å². The van der Waals surface area contributed by atoms with E-state index in [1.807, 2.05) is 42.5 Å². The Kier molecular flexibility index (Phi) is 6.45. The van der Waals surface area contributed by atoms with Crippen LogP contribution in [0, 0.1) is 0 Å². The van der Waals surface area contributed by atoms with Crippen LogP contribution in [0.5, 0.6) is 0 Å². The average Bonchev–Trinajstić information content (AvgIpc) is 2.64. The van der Waals surface area contributed by atoms with Gasteiger partial charge in [-0.1, -0.05) is 54.6 Å². The van der Waals surface area contributed by atoms with Gasteiger partial charge in [0.05, 0.1) is 0 Å². The molecule has 0 saturated carbocycles. The molecule has 25 heavy (non-hydrogen) atoms. The third kappa shape index (κ3) is 5.27. The number of hydrogen-bond donors (Lipinski definition) is 4. The smallest absolute Gasteiger partial charge is 0.267 e. The lowest BCUT2D eigenvalue weighted by Gasteiger charge is -2.20. The zero-order valence-electron chi connectivity index (χ0n) is 13.8. The molecule has 2 aromatic rings. The number of carbonyl (C=O) groups excluding carboxylic acids is 2. The van der Waals surface area contributed by atoms with E-state index in [9.17, 15) is 9.59 Å². The molecule has 0 radical (unpaired) electrons. The lowest BCUT2D eigenvalue weighted by molar-refractivity contribution is -0.131. The second-order valence-electron chi connectivity index (χ2n) is 5.65. The van der Waals surface area contributed by atoms with Gasteiger partial charge >= 0.3 is 0 Å². The third-order valence-corrected chi connectivity index (χ3v) is 3.65. The summed E-state index contributed by atoms with van der Waals surface area (Å²) in [6, 6.07) is 15.1. The van der Waals surface area contributed by atoms with Crippen LogP contribution in [0.15, 0.2) is 54.6 Å². The largest absolute Gasteiger partial charge is 0.339 e. The summed E-state index contributed by atoms with van der Waals surface area (Å²) in [6.07, 6.45) is 3.92. The summed E-state index contributed by atoms with van der Waals surface area (Å²) in [5.41, 5.74) is 9.59. The summed E-state index contributed by atoms with van der Waals surface area (Å²) < 4.78 is 0. The van der Waals surface area contributed by atoms with E-state index in [0.717, 1.165) is 11.1 Å². The van der Waals surface area contributed by atoms with Gasteiger partial charge in [0.1, 0.15) is 6.04 Å². The summed E-state index contributed by atoms with van der Waals surface area (Å²) in [7, 11) is 0. The maximum Gasteiger partial charge on any atom is 0.267 e. The maximum absolute atomic E-state index is 12.2. The highest BCUT2D eigenvalue weighted by Gasteiger charge is 2.24. The van der Waals surface area contributed by atoms with Gasteiger partial charge in [0.2, 0.25) is 0 Å². The van der Waals surface area contributed by atoms with Gasteiger partial charge in [-0.2, -0.15) is 0 Å². The van der Waals surface area contributed by atoms with Crippen LogP contribution in [0.1, 0.15) is 28.4 Å². The summed E-state index contributed by atoms with van der Waals surface area (Å²) in [5, 5.41) is 11.2. The first-order chi connectivity index (χ1) is 12.0. The van der Waals surface area contributed by atoms with E-state index < -0.39 is 23.9 Å². The van der Waals surface area contributed by atoms with E-state index >= 15 is 0 Å². The first-order valence-corrected chi connectivity index (χ1v) is 7.85. The van der Waals surface area contributed by atoms with Crippen molar-refractivity contribution in [2.75, 3.05) is 0 Å². The molecule has 0 heterocycles. The molecule has 6 nitrogen and oxygen atoms in total. The Bertz CT molecular complexity index is 740. The Labute approximate surface area is 146 Å². The highest BCUT2D eigenvalue weighted by Crippen LogP contribution is 2.10. The van der Waals surface area contributed by atoms with Crippen molar-refractivity contribution >= 4 is 24.0 Å². The molecule has 2 amide bonds. The lowest BCUT2D eigenvalue weighted by atomic mass is 10.1. The predicted octanol–water partition coefficient (Wildman–Crippen LogP) is 1.81. The van der Waals surface area contributed by atoms with Crippen molar-refractivity contribution in [3.8, 4) is 0 Å². The molecule has 0 aliphatic carbocycles. The number of nitrogens with one attached hydrogen (secondary N) is 2. The molecule has 2 aromatic carbocycles. The van der Waals surface area contributed by atoms with E-state index in [1.54, 1.807) is 31.2 Å². The molecule has 130 valence electrons. The van der Waals surface area contributed by atoms with Gasteiger partial charge in [-0.25, -0.2) is 5.48 Å². The van der Waals surface area contributed by atoms with Crippen LogP contribution in [0.3, 0.4) is 0 Å². The van der Waals surface area contributed by atoms with Crippen molar-refractivity contribution in [2.45, 2.75) is 19.0 Å². The van der Waals surface area contributed by atoms with Crippen LogP contribution >= 0.6 is 0 Å². The minimum atomic E-state index is -1.02. The van der Waals surface area contributed by atoms with Crippen LogP contribution < -0.4 is 16.5 Å². The summed E-state index contributed by atoms with van der Waals surface area (Å²) in [6.45, 7) is 1.57. The quantitative estimate of drug-likeness (QED) is 0.366. The second kappa shape index (κ2) is 8.77. The lowest BCUT2D eigenvalue weighted by Crippen LogP contribution is -2.54. The zero-order valence-corrected chi connectivity index (χ0v) is 13.8.